The van der Waals surface area contributed by atoms with Gasteiger partial charge in [0, 0.05) is 25.7 Å². The molecule has 0 heterocycles. The lowest BCUT2D eigenvalue weighted by Gasteiger charge is -2.21. The number of carbonyl (C=O) groups is 4. The van der Waals surface area contributed by atoms with Crippen LogP contribution in [0, 0.1) is 11.8 Å². The molecule has 19 heteroatoms. The normalized spacial score (nSPS) is 13.8. The SMILES string of the molecule is CCCCCCCCCCCCCCCCCCC(=O)O[C@H](COC(=O)CCCCCCCCCCCCC)COP(=O)(O)OC[C@H](O)COP(=O)(O)OC[C@@H](COC(=O)CCCCCCCCCCCCCCCCCC(C)C)OC(=O)CCCCCCCCCCCCCCCCCCCCC(C)C. The second-order valence-electron chi connectivity index (χ2n) is 32.2. The first-order valence-electron chi connectivity index (χ1n) is 45.0. The van der Waals surface area contributed by atoms with Crippen molar-refractivity contribution in [1.29, 1.82) is 0 Å². The van der Waals surface area contributed by atoms with Crippen molar-refractivity contribution >= 4 is 39.5 Å². The van der Waals surface area contributed by atoms with Crippen LogP contribution in [0.25, 0.3) is 0 Å². The maximum absolute atomic E-state index is 13.2. The van der Waals surface area contributed by atoms with Gasteiger partial charge in [0.25, 0.3) is 0 Å². The molecule has 0 aliphatic rings. The molecule has 0 aromatic heterocycles. The summed E-state index contributed by atoms with van der Waals surface area (Å²) < 4.78 is 68.9. The van der Waals surface area contributed by atoms with Gasteiger partial charge in [-0.05, 0) is 37.5 Å². The van der Waals surface area contributed by atoms with Crippen LogP contribution in [-0.4, -0.2) is 96.7 Å². The molecule has 0 amide bonds. The highest BCUT2D eigenvalue weighted by atomic mass is 31.2. The van der Waals surface area contributed by atoms with Gasteiger partial charge in [-0.2, -0.15) is 0 Å². The zero-order chi connectivity index (χ0) is 77.8. The van der Waals surface area contributed by atoms with E-state index in [0.29, 0.717) is 25.7 Å². The van der Waals surface area contributed by atoms with E-state index in [2.05, 4.69) is 41.5 Å². The van der Waals surface area contributed by atoms with Crippen LogP contribution >= 0.6 is 15.6 Å². The second kappa shape index (κ2) is 78.3. The molecule has 17 nitrogen and oxygen atoms in total. The third-order valence-electron chi connectivity index (χ3n) is 20.5. The summed E-state index contributed by atoms with van der Waals surface area (Å²) in [6, 6.07) is 0. The van der Waals surface area contributed by atoms with E-state index in [1.165, 1.54) is 283 Å². The van der Waals surface area contributed by atoms with E-state index in [9.17, 15) is 43.2 Å². The molecular weight excluding hydrogens is 1380 g/mol. The summed E-state index contributed by atoms with van der Waals surface area (Å²) in [7, 11) is -9.93. The summed E-state index contributed by atoms with van der Waals surface area (Å²) in [5, 5.41) is 10.7. The third-order valence-corrected chi connectivity index (χ3v) is 22.4. The van der Waals surface area contributed by atoms with Gasteiger partial charge in [-0.3, -0.25) is 37.3 Å². The largest absolute Gasteiger partial charge is 0.472 e. The van der Waals surface area contributed by atoms with Gasteiger partial charge in [0.05, 0.1) is 26.4 Å². The van der Waals surface area contributed by atoms with Gasteiger partial charge < -0.3 is 33.8 Å². The molecule has 0 saturated carbocycles. The molecule has 106 heavy (non-hydrogen) atoms. The molecule has 3 N–H and O–H groups in total. The summed E-state index contributed by atoms with van der Waals surface area (Å²) in [5.41, 5.74) is 0. The van der Waals surface area contributed by atoms with E-state index in [1.54, 1.807) is 0 Å². The Bertz CT molecular complexity index is 2030. The smallest absolute Gasteiger partial charge is 0.462 e. The number of ether oxygens (including phenoxy) is 4. The van der Waals surface area contributed by atoms with Gasteiger partial charge in [-0.1, -0.05) is 414 Å². The standard InChI is InChI=1S/C87H170O17P2/c1-7-9-11-13-15-17-19-20-21-29-35-41-47-53-59-65-71-86(91)103-82(75-97-84(89)69-63-57-51-45-37-18-16-14-12-10-8-2)77-101-105(93,94)99-73-81(88)74-100-106(95,96)102-78-83(76-98-85(90)70-64-58-52-46-40-34-31-26-28-33-39-44-50-56-62-68-80(5)6)104-87(92)72-66-60-54-48-42-36-30-25-23-22-24-27-32-38-43-49-55-61-67-79(3)4/h79-83,88H,7-78H2,1-6H3,(H,93,94)(H,95,96)/t81-,82+,83+/m0/s1. The average Bonchev–Trinajstić information content (AvgIpc) is 0.897. The minimum atomic E-state index is -4.97. The van der Waals surface area contributed by atoms with E-state index >= 15 is 0 Å². The number of carbonyl (C=O) groups excluding carboxylic acids is 4. The summed E-state index contributed by atoms with van der Waals surface area (Å²) in [4.78, 5) is 73.3. The topological polar surface area (TPSA) is 237 Å². The Kier molecular flexibility index (Phi) is 76.9. The number of aliphatic hydroxyl groups is 1. The van der Waals surface area contributed by atoms with Crippen LogP contribution in [0.5, 0.6) is 0 Å². The fraction of sp³-hybridized carbons (Fsp3) is 0.954. The number of unbranched alkanes of at least 4 members (excludes halogenated alkanes) is 56. The molecule has 0 spiro atoms. The Labute approximate surface area is 651 Å². The van der Waals surface area contributed by atoms with Crippen molar-refractivity contribution in [3.8, 4) is 0 Å². The Morgan fingerprint density at radius 1 is 0.255 bits per heavy atom. The monoisotopic (exact) mass is 1550 g/mol. The van der Waals surface area contributed by atoms with Crippen LogP contribution in [-0.2, 0) is 65.4 Å². The first-order valence-corrected chi connectivity index (χ1v) is 48.0. The minimum absolute atomic E-state index is 0.109. The predicted molar refractivity (Wildman–Crippen MR) is 437 cm³/mol. The van der Waals surface area contributed by atoms with Crippen molar-refractivity contribution in [3.63, 3.8) is 0 Å². The molecule has 0 aliphatic carbocycles. The molecule has 0 radical (unpaired) electrons. The minimum Gasteiger partial charge on any atom is -0.462 e. The fourth-order valence-electron chi connectivity index (χ4n) is 13.6. The molecule has 0 rings (SSSR count). The molecule has 0 aromatic rings. The number of phosphoric ester groups is 2. The Hall–Kier alpha value is -1.94. The van der Waals surface area contributed by atoms with Crippen molar-refractivity contribution in [2.45, 2.75) is 484 Å². The Balaban J connectivity index is 5.24. The van der Waals surface area contributed by atoms with Crippen LogP contribution in [0.3, 0.4) is 0 Å². The van der Waals surface area contributed by atoms with Crippen LogP contribution in [0.15, 0.2) is 0 Å². The lowest BCUT2D eigenvalue weighted by Crippen LogP contribution is -2.30. The fourth-order valence-corrected chi connectivity index (χ4v) is 15.2. The predicted octanol–water partition coefficient (Wildman–Crippen LogP) is 26.6. The average molecular weight is 1550 g/mol. The van der Waals surface area contributed by atoms with Crippen molar-refractivity contribution in [3.05, 3.63) is 0 Å². The lowest BCUT2D eigenvalue weighted by atomic mass is 10.0. The highest BCUT2D eigenvalue weighted by Crippen LogP contribution is 2.45. The molecule has 0 bridgehead atoms. The van der Waals surface area contributed by atoms with Gasteiger partial charge in [0.1, 0.15) is 19.3 Å². The highest BCUT2D eigenvalue weighted by Gasteiger charge is 2.30. The van der Waals surface area contributed by atoms with E-state index < -0.39 is 97.5 Å². The second-order valence-corrected chi connectivity index (χ2v) is 35.1. The van der Waals surface area contributed by atoms with Crippen LogP contribution in [0.4, 0.5) is 0 Å². The van der Waals surface area contributed by atoms with Crippen molar-refractivity contribution in [2.75, 3.05) is 39.6 Å². The van der Waals surface area contributed by atoms with E-state index in [0.717, 1.165) is 102 Å². The van der Waals surface area contributed by atoms with Gasteiger partial charge in [0.2, 0.25) is 0 Å². The first kappa shape index (κ1) is 104. The number of esters is 4. The molecule has 0 aromatic carbocycles. The molecule has 5 atom stereocenters. The van der Waals surface area contributed by atoms with E-state index in [-0.39, 0.29) is 25.7 Å². The molecule has 2 unspecified atom stereocenters. The van der Waals surface area contributed by atoms with E-state index in [4.69, 9.17) is 37.0 Å². The quantitative estimate of drug-likeness (QED) is 0.0222. The summed E-state index contributed by atoms with van der Waals surface area (Å²) in [6.45, 7) is 9.74. The number of aliphatic hydroxyl groups excluding tert-OH is 1. The number of hydrogen-bond donors (Lipinski definition) is 3. The summed E-state index contributed by atoms with van der Waals surface area (Å²) in [5.74, 6) is -0.472. The van der Waals surface area contributed by atoms with Gasteiger partial charge >= 0.3 is 39.5 Å². The van der Waals surface area contributed by atoms with Crippen LogP contribution in [0.1, 0.15) is 465 Å². The van der Waals surface area contributed by atoms with Gasteiger partial charge in [-0.15, -0.1) is 0 Å². The lowest BCUT2D eigenvalue weighted by molar-refractivity contribution is -0.161. The Morgan fingerprint density at radius 2 is 0.434 bits per heavy atom. The highest BCUT2D eigenvalue weighted by molar-refractivity contribution is 7.47. The molecule has 630 valence electrons. The van der Waals surface area contributed by atoms with Gasteiger partial charge in [0.15, 0.2) is 12.2 Å². The van der Waals surface area contributed by atoms with Crippen LogP contribution in [0.2, 0.25) is 0 Å². The molecule has 0 aliphatic heterocycles. The summed E-state index contributed by atoms with van der Waals surface area (Å²) >= 11 is 0. The third kappa shape index (κ3) is 80.1. The maximum atomic E-state index is 13.2. The molecule has 0 saturated heterocycles. The van der Waals surface area contributed by atoms with Crippen molar-refractivity contribution < 1.29 is 80.2 Å². The van der Waals surface area contributed by atoms with Gasteiger partial charge in [-0.25, -0.2) is 9.13 Å². The zero-order valence-electron chi connectivity index (χ0n) is 69.7. The number of phosphoric acid groups is 2. The van der Waals surface area contributed by atoms with Crippen molar-refractivity contribution in [2.24, 2.45) is 11.8 Å². The zero-order valence-corrected chi connectivity index (χ0v) is 71.5. The van der Waals surface area contributed by atoms with E-state index in [1.807, 2.05) is 0 Å². The van der Waals surface area contributed by atoms with Crippen molar-refractivity contribution in [1.82, 2.24) is 0 Å². The molecular formula is C87H170O17P2. The van der Waals surface area contributed by atoms with Crippen LogP contribution < -0.4 is 0 Å². The Morgan fingerprint density at radius 3 is 0.642 bits per heavy atom. The molecule has 0 fully saturated rings. The summed E-state index contributed by atoms with van der Waals surface area (Å²) in [6.07, 6.45) is 70.7. The maximum Gasteiger partial charge on any atom is 0.472 e. The number of hydrogen-bond acceptors (Lipinski definition) is 15. The first-order chi connectivity index (χ1) is 51.4. The number of rotatable bonds is 86.